The normalized spacial score (nSPS) is 20.4. The van der Waals surface area contributed by atoms with Gasteiger partial charge in [-0.15, -0.1) is 0 Å². The van der Waals surface area contributed by atoms with Gasteiger partial charge < -0.3 is 10.0 Å². The lowest BCUT2D eigenvalue weighted by atomic mass is 10.1. The van der Waals surface area contributed by atoms with Gasteiger partial charge in [0.2, 0.25) is 0 Å². The summed E-state index contributed by atoms with van der Waals surface area (Å²) in [4.78, 5) is 6.57. The number of aliphatic hydroxyl groups excluding tert-OH is 1. The lowest BCUT2D eigenvalue weighted by Crippen LogP contribution is -2.21. The number of aliphatic hydroxyl groups is 1. The molecule has 3 nitrogen and oxygen atoms in total. The average Bonchev–Trinajstić information content (AvgIpc) is 2.77. The van der Waals surface area contributed by atoms with Crippen molar-refractivity contribution in [2.45, 2.75) is 26.4 Å². The Morgan fingerprint density at radius 1 is 1.62 bits per heavy atom. The molecular formula is C12H17ClN2O. The van der Waals surface area contributed by atoms with Crippen LogP contribution in [-0.4, -0.2) is 23.2 Å². The van der Waals surface area contributed by atoms with E-state index in [2.05, 4.69) is 16.8 Å². The second-order valence-corrected chi connectivity index (χ2v) is 4.72. The van der Waals surface area contributed by atoms with Crippen LogP contribution in [0.3, 0.4) is 0 Å². The quantitative estimate of drug-likeness (QED) is 0.882. The molecule has 1 aliphatic rings. The van der Waals surface area contributed by atoms with Gasteiger partial charge in [0.1, 0.15) is 5.82 Å². The molecule has 16 heavy (non-hydrogen) atoms. The number of halogens is 1. The lowest BCUT2D eigenvalue weighted by Gasteiger charge is -2.18. The number of nitrogens with zero attached hydrogens (tertiary/aromatic N) is 2. The van der Waals surface area contributed by atoms with Gasteiger partial charge in [-0.25, -0.2) is 4.98 Å². The highest BCUT2D eigenvalue weighted by atomic mass is 35.5. The minimum atomic E-state index is -0.00934. The summed E-state index contributed by atoms with van der Waals surface area (Å²) in [5.74, 6) is 1.62. The van der Waals surface area contributed by atoms with Crippen molar-refractivity contribution in [3.05, 3.63) is 22.8 Å². The SMILES string of the molecule is CCC1CCN(c2ncc(CO)cc2Cl)C1. The summed E-state index contributed by atoms with van der Waals surface area (Å²) < 4.78 is 0. The molecule has 0 radical (unpaired) electrons. The molecule has 0 bridgehead atoms. The van der Waals surface area contributed by atoms with E-state index in [0.29, 0.717) is 5.02 Å². The van der Waals surface area contributed by atoms with Crippen molar-refractivity contribution in [1.29, 1.82) is 0 Å². The van der Waals surface area contributed by atoms with E-state index in [1.54, 1.807) is 12.3 Å². The van der Waals surface area contributed by atoms with Crippen LogP contribution in [0.4, 0.5) is 5.82 Å². The van der Waals surface area contributed by atoms with E-state index in [1.165, 1.54) is 12.8 Å². The molecule has 1 unspecified atom stereocenters. The highest BCUT2D eigenvalue weighted by molar-refractivity contribution is 6.33. The third-order valence-electron chi connectivity index (χ3n) is 3.22. The largest absolute Gasteiger partial charge is 0.392 e. The van der Waals surface area contributed by atoms with Crippen molar-refractivity contribution >= 4 is 17.4 Å². The molecular weight excluding hydrogens is 224 g/mol. The number of hydrogen-bond acceptors (Lipinski definition) is 3. The van der Waals surface area contributed by atoms with E-state index in [-0.39, 0.29) is 6.61 Å². The van der Waals surface area contributed by atoms with E-state index in [0.717, 1.165) is 30.4 Å². The van der Waals surface area contributed by atoms with Crippen molar-refractivity contribution in [3.63, 3.8) is 0 Å². The third-order valence-corrected chi connectivity index (χ3v) is 3.50. The Labute approximate surface area is 101 Å². The Bertz CT molecular complexity index is 370. The first-order chi connectivity index (χ1) is 7.74. The van der Waals surface area contributed by atoms with Crippen LogP contribution in [0.15, 0.2) is 12.3 Å². The predicted octanol–water partition coefficient (Wildman–Crippen LogP) is 2.46. The van der Waals surface area contributed by atoms with Crippen LogP contribution < -0.4 is 4.90 Å². The van der Waals surface area contributed by atoms with Crippen LogP contribution in [0.25, 0.3) is 0 Å². The smallest absolute Gasteiger partial charge is 0.147 e. The van der Waals surface area contributed by atoms with Gasteiger partial charge in [0.05, 0.1) is 11.6 Å². The summed E-state index contributed by atoms with van der Waals surface area (Å²) in [5, 5.41) is 9.63. The minimum Gasteiger partial charge on any atom is -0.392 e. The Hall–Kier alpha value is -0.800. The summed E-state index contributed by atoms with van der Waals surface area (Å²) >= 11 is 6.16. The van der Waals surface area contributed by atoms with Crippen LogP contribution in [0.5, 0.6) is 0 Å². The van der Waals surface area contributed by atoms with E-state index < -0.39 is 0 Å². The first-order valence-electron chi connectivity index (χ1n) is 5.74. The van der Waals surface area contributed by atoms with Crippen LogP contribution in [0.1, 0.15) is 25.3 Å². The number of pyridine rings is 1. The maximum absolute atomic E-state index is 8.99. The molecule has 1 atom stereocenters. The summed E-state index contributed by atoms with van der Waals surface area (Å²) in [6, 6.07) is 1.79. The first kappa shape index (κ1) is 11.7. The Morgan fingerprint density at radius 2 is 2.44 bits per heavy atom. The van der Waals surface area contributed by atoms with Crippen LogP contribution in [-0.2, 0) is 6.61 Å². The predicted molar refractivity (Wildman–Crippen MR) is 65.8 cm³/mol. The van der Waals surface area contributed by atoms with Gasteiger partial charge in [0.15, 0.2) is 0 Å². The van der Waals surface area contributed by atoms with Gasteiger partial charge >= 0.3 is 0 Å². The van der Waals surface area contributed by atoms with E-state index >= 15 is 0 Å². The molecule has 2 rings (SSSR count). The first-order valence-corrected chi connectivity index (χ1v) is 6.12. The van der Waals surface area contributed by atoms with Gasteiger partial charge in [-0.3, -0.25) is 0 Å². The van der Waals surface area contributed by atoms with Crippen LogP contribution in [0.2, 0.25) is 5.02 Å². The third kappa shape index (κ3) is 2.30. The number of hydrogen-bond donors (Lipinski definition) is 1. The second kappa shape index (κ2) is 5.02. The molecule has 4 heteroatoms. The molecule has 0 spiro atoms. The molecule has 0 aliphatic carbocycles. The summed E-state index contributed by atoms with van der Waals surface area (Å²) in [6.07, 6.45) is 4.12. The fourth-order valence-corrected chi connectivity index (χ4v) is 2.46. The highest BCUT2D eigenvalue weighted by Gasteiger charge is 2.23. The highest BCUT2D eigenvalue weighted by Crippen LogP contribution is 2.29. The molecule has 0 saturated carbocycles. The monoisotopic (exact) mass is 240 g/mol. The zero-order chi connectivity index (χ0) is 11.5. The molecule has 0 amide bonds. The minimum absolute atomic E-state index is 0.00934. The topological polar surface area (TPSA) is 36.4 Å². The zero-order valence-corrected chi connectivity index (χ0v) is 10.2. The average molecular weight is 241 g/mol. The van der Waals surface area contributed by atoms with Crippen molar-refractivity contribution in [1.82, 2.24) is 4.98 Å². The zero-order valence-electron chi connectivity index (χ0n) is 9.49. The van der Waals surface area contributed by atoms with Gasteiger partial charge in [-0.05, 0) is 24.0 Å². The fraction of sp³-hybridized carbons (Fsp3) is 0.583. The Morgan fingerprint density at radius 3 is 3.00 bits per heavy atom. The van der Waals surface area contributed by atoms with Crippen molar-refractivity contribution in [2.75, 3.05) is 18.0 Å². The van der Waals surface area contributed by atoms with Crippen LogP contribution >= 0.6 is 11.6 Å². The molecule has 1 saturated heterocycles. The standard InChI is InChI=1S/C12H17ClN2O/c1-2-9-3-4-15(7-9)12-11(13)5-10(8-16)6-14-12/h5-6,9,16H,2-4,7-8H2,1H3. The molecule has 1 aromatic rings. The number of anilines is 1. The molecule has 1 N–H and O–H groups in total. The number of aromatic nitrogens is 1. The van der Waals surface area contributed by atoms with E-state index in [9.17, 15) is 0 Å². The van der Waals surface area contributed by atoms with E-state index in [1.807, 2.05) is 0 Å². The fourth-order valence-electron chi connectivity index (χ4n) is 2.15. The van der Waals surface area contributed by atoms with Crippen molar-refractivity contribution in [2.24, 2.45) is 5.92 Å². The molecule has 0 aromatic carbocycles. The molecule has 1 fully saturated rings. The molecule has 1 aromatic heterocycles. The maximum Gasteiger partial charge on any atom is 0.147 e. The summed E-state index contributed by atoms with van der Waals surface area (Å²) in [7, 11) is 0. The van der Waals surface area contributed by atoms with Gasteiger partial charge in [0.25, 0.3) is 0 Å². The second-order valence-electron chi connectivity index (χ2n) is 4.32. The van der Waals surface area contributed by atoms with E-state index in [4.69, 9.17) is 16.7 Å². The molecule has 88 valence electrons. The number of rotatable bonds is 3. The molecule has 2 heterocycles. The summed E-state index contributed by atoms with van der Waals surface area (Å²) in [6.45, 7) is 4.29. The summed E-state index contributed by atoms with van der Waals surface area (Å²) in [5.41, 5.74) is 0.764. The van der Waals surface area contributed by atoms with Crippen molar-refractivity contribution < 1.29 is 5.11 Å². The molecule has 1 aliphatic heterocycles. The van der Waals surface area contributed by atoms with Gasteiger partial charge in [0, 0.05) is 19.3 Å². The van der Waals surface area contributed by atoms with Gasteiger partial charge in [-0.1, -0.05) is 24.9 Å². The lowest BCUT2D eigenvalue weighted by molar-refractivity contribution is 0.281. The Balaban J connectivity index is 2.15. The van der Waals surface area contributed by atoms with Gasteiger partial charge in [-0.2, -0.15) is 0 Å². The van der Waals surface area contributed by atoms with Crippen LogP contribution in [0, 0.1) is 5.92 Å². The van der Waals surface area contributed by atoms with Crippen molar-refractivity contribution in [3.8, 4) is 0 Å². The maximum atomic E-state index is 8.99. The Kier molecular flexibility index (Phi) is 3.66.